The molecule has 0 heterocycles. The van der Waals surface area contributed by atoms with E-state index in [1.165, 1.54) is 0 Å². The van der Waals surface area contributed by atoms with Crippen LogP contribution in [0.3, 0.4) is 0 Å². The van der Waals surface area contributed by atoms with E-state index in [-0.39, 0.29) is 6.54 Å². The molecule has 2 nitrogen and oxygen atoms in total. The molecule has 0 spiro atoms. The highest BCUT2D eigenvalue weighted by molar-refractivity contribution is 4.61. The average molecular weight is 152 g/mol. The zero-order valence-corrected chi connectivity index (χ0v) is 6.16. The van der Waals surface area contributed by atoms with Crippen molar-refractivity contribution in [3.05, 3.63) is 0 Å². The van der Waals surface area contributed by atoms with E-state index in [1.807, 2.05) is 0 Å². The van der Waals surface area contributed by atoms with Crippen LogP contribution in [0, 0.1) is 0 Å². The minimum atomic E-state index is -2.60. The maximum absolute atomic E-state index is 12.1. The van der Waals surface area contributed by atoms with E-state index < -0.39 is 5.92 Å². The minimum absolute atomic E-state index is 0.257. The van der Waals surface area contributed by atoms with Crippen molar-refractivity contribution in [2.24, 2.45) is 5.73 Å². The number of alkyl halides is 2. The summed E-state index contributed by atoms with van der Waals surface area (Å²) >= 11 is 0. The van der Waals surface area contributed by atoms with Crippen LogP contribution in [0.2, 0.25) is 0 Å². The van der Waals surface area contributed by atoms with Crippen LogP contribution in [0.25, 0.3) is 0 Å². The van der Waals surface area contributed by atoms with Gasteiger partial charge in [-0.25, -0.2) is 8.78 Å². The van der Waals surface area contributed by atoms with Gasteiger partial charge in [0, 0.05) is 6.92 Å². The molecule has 0 saturated carbocycles. The summed E-state index contributed by atoms with van der Waals surface area (Å²) in [6.07, 6.45) is 0.746. The Hall–Kier alpha value is -0.220. The van der Waals surface area contributed by atoms with Crippen molar-refractivity contribution in [3.8, 4) is 0 Å². The molecule has 0 aromatic rings. The van der Waals surface area contributed by atoms with E-state index in [2.05, 4.69) is 5.32 Å². The summed E-state index contributed by atoms with van der Waals surface area (Å²) in [5, 5.41) is 2.60. The van der Waals surface area contributed by atoms with Gasteiger partial charge in [0.1, 0.15) is 0 Å². The molecule has 0 aromatic heterocycles. The highest BCUT2D eigenvalue weighted by Gasteiger charge is 2.19. The highest BCUT2D eigenvalue weighted by Crippen LogP contribution is 2.08. The molecule has 0 rings (SSSR count). The maximum atomic E-state index is 12.1. The Labute approximate surface area is 59.8 Å². The first-order valence-electron chi connectivity index (χ1n) is 3.35. The van der Waals surface area contributed by atoms with Crippen LogP contribution in [0.15, 0.2) is 0 Å². The van der Waals surface area contributed by atoms with Gasteiger partial charge < -0.3 is 11.1 Å². The smallest absolute Gasteiger partial charge is 0.257 e. The van der Waals surface area contributed by atoms with Crippen molar-refractivity contribution >= 4 is 0 Å². The Bertz CT molecular complexity index is 80.3. The molecular weight excluding hydrogens is 138 g/mol. The van der Waals surface area contributed by atoms with Crippen LogP contribution in [-0.4, -0.2) is 25.6 Å². The molecule has 3 N–H and O–H groups in total. The number of hydrogen-bond donors (Lipinski definition) is 2. The predicted molar refractivity (Wildman–Crippen MR) is 37.2 cm³/mol. The third kappa shape index (κ3) is 7.78. The monoisotopic (exact) mass is 152 g/mol. The standard InChI is InChI=1S/C6H14F2N2/c1-6(7,8)5-10-4-2-3-9/h10H,2-5,9H2,1H3. The Morgan fingerprint density at radius 1 is 1.50 bits per heavy atom. The van der Waals surface area contributed by atoms with Gasteiger partial charge in [-0.3, -0.25) is 0 Å². The molecule has 0 unspecified atom stereocenters. The number of halogens is 2. The predicted octanol–water partition coefficient (Wildman–Crippen LogP) is 0.580. The van der Waals surface area contributed by atoms with Crippen molar-refractivity contribution in [3.63, 3.8) is 0 Å². The lowest BCUT2D eigenvalue weighted by Gasteiger charge is -2.10. The summed E-state index contributed by atoms with van der Waals surface area (Å²) in [5.41, 5.74) is 5.15. The van der Waals surface area contributed by atoms with Gasteiger partial charge in [-0.2, -0.15) is 0 Å². The first kappa shape index (κ1) is 9.78. The molecule has 0 aliphatic heterocycles. The fourth-order valence-electron chi connectivity index (χ4n) is 0.535. The zero-order chi connectivity index (χ0) is 8.04. The van der Waals surface area contributed by atoms with E-state index in [0.29, 0.717) is 13.1 Å². The summed E-state index contributed by atoms with van der Waals surface area (Å²) in [6.45, 7) is 1.75. The normalized spacial score (nSPS) is 12.0. The van der Waals surface area contributed by atoms with Crippen molar-refractivity contribution in [2.45, 2.75) is 19.3 Å². The van der Waals surface area contributed by atoms with Crippen molar-refractivity contribution in [2.75, 3.05) is 19.6 Å². The van der Waals surface area contributed by atoms with Crippen molar-refractivity contribution < 1.29 is 8.78 Å². The van der Waals surface area contributed by atoms with E-state index in [1.54, 1.807) is 0 Å². The third-order valence-electron chi connectivity index (χ3n) is 0.993. The summed E-state index contributed by atoms with van der Waals surface area (Å²) in [7, 11) is 0. The summed E-state index contributed by atoms with van der Waals surface area (Å²) in [6, 6.07) is 0. The second-order valence-electron chi connectivity index (χ2n) is 2.39. The first-order valence-corrected chi connectivity index (χ1v) is 3.35. The number of nitrogens with one attached hydrogen (secondary N) is 1. The molecule has 0 aliphatic carbocycles. The SMILES string of the molecule is CC(F)(F)CNCCCN. The third-order valence-corrected chi connectivity index (χ3v) is 0.993. The molecule has 10 heavy (non-hydrogen) atoms. The molecule has 4 heteroatoms. The van der Waals surface area contributed by atoms with Crippen LogP contribution in [-0.2, 0) is 0 Å². The minimum Gasteiger partial charge on any atom is -0.330 e. The summed E-state index contributed by atoms with van der Waals surface area (Å²) in [4.78, 5) is 0. The van der Waals surface area contributed by atoms with Gasteiger partial charge in [0.05, 0.1) is 6.54 Å². The molecule has 0 saturated heterocycles. The molecule has 0 bridgehead atoms. The lowest BCUT2D eigenvalue weighted by molar-refractivity contribution is 0.0229. The second kappa shape index (κ2) is 4.57. The van der Waals surface area contributed by atoms with Crippen LogP contribution < -0.4 is 11.1 Å². The lowest BCUT2D eigenvalue weighted by atomic mass is 10.3. The summed E-state index contributed by atoms with van der Waals surface area (Å²) in [5.74, 6) is -2.60. The van der Waals surface area contributed by atoms with Crippen molar-refractivity contribution in [1.29, 1.82) is 0 Å². The Kier molecular flexibility index (Phi) is 4.47. The molecule has 0 aromatic carbocycles. The first-order chi connectivity index (χ1) is 4.56. The van der Waals surface area contributed by atoms with Crippen LogP contribution in [0.1, 0.15) is 13.3 Å². The zero-order valence-electron chi connectivity index (χ0n) is 6.16. The number of nitrogens with two attached hydrogens (primary N) is 1. The second-order valence-corrected chi connectivity index (χ2v) is 2.39. The Morgan fingerprint density at radius 3 is 2.50 bits per heavy atom. The maximum Gasteiger partial charge on any atom is 0.257 e. The molecule has 0 fully saturated rings. The highest BCUT2D eigenvalue weighted by atomic mass is 19.3. The molecular formula is C6H14F2N2. The molecule has 0 amide bonds. The van der Waals surface area contributed by atoms with E-state index in [0.717, 1.165) is 13.3 Å². The lowest BCUT2D eigenvalue weighted by Crippen LogP contribution is -2.31. The molecule has 0 aliphatic rings. The topological polar surface area (TPSA) is 38.0 Å². The Morgan fingerprint density at radius 2 is 2.10 bits per heavy atom. The quantitative estimate of drug-likeness (QED) is 0.565. The van der Waals surface area contributed by atoms with E-state index >= 15 is 0 Å². The van der Waals surface area contributed by atoms with Crippen LogP contribution in [0.5, 0.6) is 0 Å². The number of hydrogen-bond acceptors (Lipinski definition) is 2. The largest absolute Gasteiger partial charge is 0.330 e. The van der Waals surface area contributed by atoms with Crippen LogP contribution in [0.4, 0.5) is 8.78 Å². The molecule has 0 atom stereocenters. The Balaban J connectivity index is 3.04. The van der Waals surface area contributed by atoms with E-state index in [4.69, 9.17) is 5.73 Å². The van der Waals surface area contributed by atoms with Gasteiger partial charge in [0.2, 0.25) is 0 Å². The number of rotatable bonds is 5. The van der Waals surface area contributed by atoms with Gasteiger partial charge >= 0.3 is 0 Å². The van der Waals surface area contributed by atoms with Crippen molar-refractivity contribution in [1.82, 2.24) is 5.32 Å². The fourth-order valence-corrected chi connectivity index (χ4v) is 0.535. The van der Waals surface area contributed by atoms with Gasteiger partial charge in [0.25, 0.3) is 5.92 Å². The van der Waals surface area contributed by atoms with Gasteiger partial charge in [0.15, 0.2) is 0 Å². The van der Waals surface area contributed by atoms with Gasteiger partial charge in [-0.1, -0.05) is 0 Å². The van der Waals surface area contributed by atoms with Crippen LogP contribution >= 0.6 is 0 Å². The van der Waals surface area contributed by atoms with Gasteiger partial charge in [-0.15, -0.1) is 0 Å². The molecule has 0 radical (unpaired) electrons. The average Bonchev–Trinajstić information content (AvgIpc) is 1.78. The summed E-state index contributed by atoms with van der Waals surface area (Å²) < 4.78 is 24.1. The fraction of sp³-hybridized carbons (Fsp3) is 1.00. The molecule has 62 valence electrons. The van der Waals surface area contributed by atoms with E-state index in [9.17, 15) is 8.78 Å². The van der Waals surface area contributed by atoms with Gasteiger partial charge in [-0.05, 0) is 19.5 Å².